The van der Waals surface area contributed by atoms with Crippen LogP contribution in [0.1, 0.15) is 20.3 Å². The molecule has 11 heavy (non-hydrogen) atoms. The fourth-order valence-electron chi connectivity index (χ4n) is 1.54. The molecular weight excluding hydrogens is 140 g/mol. The van der Waals surface area contributed by atoms with E-state index in [4.69, 9.17) is 0 Å². The zero-order chi connectivity index (χ0) is 8.27. The van der Waals surface area contributed by atoms with E-state index in [0.29, 0.717) is 6.04 Å². The van der Waals surface area contributed by atoms with Crippen molar-refractivity contribution in [2.24, 2.45) is 0 Å². The minimum Gasteiger partial charge on any atom is -0.337 e. The highest BCUT2D eigenvalue weighted by Crippen LogP contribution is 2.06. The van der Waals surface area contributed by atoms with E-state index in [9.17, 15) is 4.79 Å². The van der Waals surface area contributed by atoms with Crippen LogP contribution in [0.3, 0.4) is 0 Å². The zero-order valence-electron chi connectivity index (χ0n) is 7.26. The lowest BCUT2D eigenvalue weighted by Gasteiger charge is -2.34. The Kier molecular flexibility index (Phi) is 2.88. The number of carbonyl (C=O) groups is 1. The van der Waals surface area contributed by atoms with Crippen molar-refractivity contribution in [1.82, 2.24) is 10.2 Å². The van der Waals surface area contributed by atoms with Gasteiger partial charge in [-0.25, -0.2) is 0 Å². The number of hydrogen-bond acceptors (Lipinski definition) is 2. The molecule has 1 fully saturated rings. The summed E-state index contributed by atoms with van der Waals surface area (Å²) in [5, 5.41) is 3.28. The molecule has 1 amide bonds. The standard InChI is InChI=1S/C8H16N2O/c1-3-8-6-9-4-5-10(8)7(2)11/h8-9H,3-6H2,1-2H3/t8-/m1/s1. The summed E-state index contributed by atoms with van der Waals surface area (Å²) in [5.41, 5.74) is 0. The van der Waals surface area contributed by atoms with E-state index >= 15 is 0 Å². The Morgan fingerprint density at radius 3 is 2.91 bits per heavy atom. The average molecular weight is 156 g/mol. The Morgan fingerprint density at radius 1 is 1.73 bits per heavy atom. The monoisotopic (exact) mass is 156 g/mol. The second-order valence-electron chi connectivity index (χ2n) is 2.98. The molecule has 1 atom stereocenters. The summed E-state index contributed by atoms with van der Waals surface area (Å²) in [6, 6.07) is 0.418. The minimum atomic E-state index is 0.207. The number of amides is 1. The summed E-state index contributed by atoms with van der Waals surface area (Å²) in [6.45, 7) is 6.53. The number of carbonyl (C=O) groups excluding carboxylic acids is 1. The quantitative estimate of drug-likeness (QED) is 0.589. The van der Waals surface area contributed by atoms with Crippen molar-refractivity contribution in [3.63, 3.8) is 0 Å². The average Bonchev–Trinajstić information content (AvgIpc) is 2.04. The van der Waals surface area contributed by atoms with Gasteiger partial charge in [0.15, 0.2) is 0 Å². The maximum atomic E-state index is 11.1. The number of rotatable bonds is 1. The fraction of sp³-hybridized carbons (Fsp3) is 0.875. The molecule has 3 heteroatoms. The second-order valence-corrected chi connectivity index (χ2v) is 2.98. The van der Waals surface area contributed by atoms with E-state index in [2.05, 4.69) is 12.2 Å². The molecule has 0 aromatic carbocycles. The van der Waals surface area contributed by atoms with Crippen LogP contribution in [0.4, 0.5) is 0 Å². The minimum absolute atomic E-state index is 0.207. The summed E-state index contributed by atoms with van der Waals surface area (Å²) in [4.78, 5) is 13.0. The summed E-state index contributed by atoms with van der Waals surface area (Å²) < 4.78 is 0. The maximum absolute atomic E-state index is 11.1. The third-order valence-electron chi connectivity index (χ3n) is 2.23. The van der Waals surface area contributed by atoms with Crippen molar-refractivity contribution >= 4 is 5.91 Å². The highest BCUT2D eigenvalue weighted by atomic mass is 16.2. The van der Waals surface area contributed by atoms with E-state index in [1.165, 1.54) is 0 Å². The van der Waals surface area contributed by atoms with E-state index in [-0.39, 0.29) is 5.91 Å². The van der Waals surface area contributed by atoms with Crippen molar-refractivity contribution in [3.05, 3.63) is 0 Å². The second kappa shape index (κ2) is 3.72. The first-order chi connectivity index (χ1) is 5.25. The van der Waals surface area contributed by atoms with Gasteiger partial charge in [-0.15, -0.1) is 0 Å². The van der Waals surface area contributed by atoms with Gasteiger partial charge in [0.05, 0.1) is 0 Å². The van der Waals surface area contributed by atoms with Crippen LogP contribution in [0.5, 0.6) is 0 Å². The molecule has 0 aromatic heterocycles. The van der Waals surface area contributed by atoms with Crippen molar-refractivity contribution < 1.29 is 4.79 Å². The largest absolute Gasteiger partial charge is 0.337 e. The third-order valence-corrected chi connectivity index (χ3v) is 2.23. The van der Waals surface area contributed by atoms with Crippen LogP contribution in [0, 0.1) is 0 Å². The zero-order valence-corrected chi connectivity index (χ0v) is 7.26. The topological polar surface area (TPSA) is 32.3 Å². The van der Waals surface area contributed by atoms with Gasteiger partial charge in [0.2, 0.25) is 5.91 Å². The third kappa shape index (κ3) is 1.93. The van der Waals surface area contributed by atoms with Crippen molar-refractivity contribution in [3.8, 4) is 0 Å². The first kappa shape index (κ1) is 8.53. The molecule has 1 aliphatic heterocycles. The Hall–Kier alpha value is -0.570. The van der Waals surface area contributed by atoms with E-state index < -0.39 is 0 Å². The first-order valence-corrected chi connectivity index (χ1v) is 4.23. The lowest BCUT2D eigenvalue weighted by molar-refractivity contribution is -0.132. The molecule has 1 saturated heterocycles. The van der Waals surface area contributed by atoms with Gasteiger partial charge in [0.1, 0.15) is 0 Å². The van der Waals surface area contributed by atoms with Gasteiger partial charge in [0.25, 0.3) is 0 Å². The van der Waals surface area contributed by atoms with Gasteiger partial charge in [-0.05, 0) is 6.42 Å². The maximum Gasteiger partial charge on any atom is 0.219 e. The molecular formula is C8H16N2O. The number of nitrogens with one attached hydrogen (secondary N) is 1. The summed E-state index contributed by atoms with van der Waals surface area (Å²) in [5.74, 6) is 0.207. The van der Waals surface area contributed by atoms with Gasteiger partial charge in [-0.1, -0.05) is 6.92 Å². The Morgan fingerprint density at radius 2 is 2.45 bits per heavy atom. The highest BCUT2D eigenvalue weighted by Gasteiger charge is 2.21. The molecule has 0 spiro atoms. The molecule has 0 saturated carbocycles. The van der Waals surface area contributed by atoms with Crippen molar-refractivity contribution in [1.29, 1.82) is 0 Å². The summed E-state index contributed by atoms with van der Waals surface area (Å²) >= 11 is 0. The number of hydrogen-bond donors (Lipinski definition) is 1. The molecule has 1 N–H and O–H groups in total. The summed E-state index contributed by atoms with van der Waals surface area (Å²) in [6.07, 6.45) is 1.05. The predicted octanol–water partition coefficient (Wildman–Crippen LogP) is 0.217. The van der Waals surface area contributed by atoms with E-state index in [1.54, 1.807) is 6.92 Å². The smallest absolute Gasteiger partial charge is 0.219 e. The first-order valence-electron chi connectivity index (χ1n) is 4.23. The number of nitrogens with zero attached hydrogens (tertiary/aromatic N) is 1. The van der Waals surface area contributed by atoms with Gasteiger partial charge >= 0.3 is 0 Å². The highest BCUT2D eigenvalue weighted by molar-refractivity contribution is 5.73. The van der Waals surface area contributed by atoms with E-state index in [0.717, 1.165) is 26.1 Å². The molecule has 0 bridgehead atoms. The Balaban J connectivity index is 2.51. The van der Waals surface area contributed by atoms with Crippen LogP contribution >= 0.6 is 0 Å². The van der Waals surface area contributed by atoms with Crippen molar-refractivity contribution in [2.45, 2.75) is 26.3 Å². The van der Waals surface area contributed by atoms with Crippen molar-refractivity contribution in [2.75, 3.05) is 19.6 Å². The molecule has 3 nitrogen and oxygen atoms in total. The molecule has 0 unspecified atom stereocenters. The van der Waals surface area contributed by atoms with Crippen LogP contribution < -0.4 is 5.32 Å². The normalized spacial score (nSPS) is 25.3. The van der Waals surface area contributed by atoms with Gasteiger partial charge in [-0.3, -0.25) is 4.79 Å². The fourth-order valence-corrected chi connectivity index (χ4v) is 1.54. The van der Waals surface area contributed by atoms with Crippen LogP contribution in [0.15, 0.2) is 0 Å². The Labute approximate surface area is 67.8 Å². The van der Waals surface area contributed by atoms with Gasteiger partial charge in [0, 0.05) is 32.6 Å². The number of piperazine rings is 1. The summed E-state index contributed by atoms with van der Waals surface area (Å²) in [7, 11) is 0. The van der Waals surface area contributed by atoms with Crippen LogP contribution in [-0.4, -0.2) is 36.5 Å². The predicted molar refractivity (Wildman–Crippen MR) is 44.3 cm³/mol. The lowest BCUT2D eigenvalue weighted by atomic mass is 10.1. The van der Waals surface area contributed by atoms with Gasteiger partial charge in [-0.2, -0.15) is 0 Å². The van der Waals surface area contributed by atoms with Gasteiger partial charge < -0.3 is 10.2 Å². The SMILES string of the molecule is CC[C@@H]1CNCCN1C(C)=O. The molecule has 0 radical (unpaired) electrons. The van der Waals surface area contributed by atoms with Crippen LogP contribution in [0.2, 0.25) is 0 Å². The molecule has 1 aliphatic rings. The molecule has 0 aliphatic carbocycles. The molecule has 0 aromatic rings. The lowest BCUT2D eigenvalue weighted by Crippen LogP contribution is -2.52. The van der Waals surface area contributed by atoms with E-state index in [1.807, 2.05) is 4.90 Å². The molecule has 64 valence electrons. The van der Waals surface area contributed by atoms with Crippen LogP contribution in [-0.2, 0) is 4.79 Å². The van der Waals surface area contributed by atoms with Crippen LogP contribution in [0.25, 0.3) is 0 Å². The molecule has 1 heterocycles. The molecule has 1 rings (SSSR count). The Bertz CT molecular complexity index is 147.